The molecule has 0 saturated heterocycles. The number of rotatable bonds is 4. The number of hydrogen-bond donors (Lipinski definition) is 1. The summed E-state index contributed by atoms with van der Waals surface area (Å²) in [5, 5.41) is 8.88. The number of methoxy groups -OCH3 is 1. The van der Waals surface area contributed by atoms with Gasteiger partial charge in [-0.1, -0.05) is 12.1 Å². The molecule has 0 aliphatic heterocycles. The highest BCUT2D eigenvalue weighted by atomic mass is 16.5. The van der Waals surface area contributed by atoms with Crippen molar-refractivity contribution in [1.82, 2.24) is 0 Å². The van der Waals surface area contributed by atoms with Gasteiger partial charge in [-0.15, -0.1) is 0 Å². The molecule has 0 aliphatic rings. The van der Waals surface area contributed by atoms with Crippen LogP contribution in [0, 0.1) is 0 Å². The van der Waals surface area contributed by atoms with E-state index in [9.17, 15) is 4.79 Å². The van der Waals surface area contributed by atoms with Gasteiger partial charge in [0.1, 0.15) is 17.2 Å². The Hall–Kier alpha value is -2.49. The average Bonchev–Trinajstić information content (AvgIpc) is 2.39. The molecule has 0 unspecified atom stereocenters. The first-order valence-corrected chi connectivity index (χ1v) is 5.34. The lowest BCUT2D eigenvalue weighted by molar-refractivity contribution is 0.0696. The van der Waals surface area contributed by atoms with Crippen molar-refractivity contribution in [2.75, 3.05) is 7.11 Å². The van der Waals surface area contributed by atoms with Crippen LogP contribution in [-0.2, 0) is 0 Å². The molecule has 0 aromatic heterocycles. The average molecular weight is 244 g/mol. The number of carbonyl (C=O) groups is 1. The fourth-order valence-corrected chi connectivity index (χ4v) is 1.49. The summed E-state index contributed by atoms with van der Waals surface area (Å²) < 4.78 is 10.6. The van der Waals surface area contributed by atoms with Gasteiger partial charge < -0.3 is 14.6 Å². The van der Waals surface area contributed by atoms with Crippen molar-refractivity contribution in [2.24, 2.45) is 0 Å². The van der Waals surface area contributed by atoms with Crippen LogP contribution in [-0.4, -0.2) is 18.2 Å². The van der Waals surface area contributed by atoms with E-state index >= 15 is 0 Å². The maximum atomic E-state index is 10.8. The van der Waals surface area contributed by atoms with Gasteiger partial charge in [-0.2, -0.15) is 0 Å². The summed E-state index contributed by atoms with van der Waals surface area (Å²) in [6.45, 7) is 0. The Bertz CT molecular complexity index is 563. The molecule has 92 valence electrons. The molecule has 0 bridgehead atoms. The van der Waals surface area contributed by atoms with Crippen molar-refractivity contribution in [3.8, 4) is 17.2 Å². The second kappa shape index (κ2) is 5.23. The van der Waals surface area contributed by atoms with Crippen LogP contribution in [0.5, 0.6) is 17.2 Å². The first-order valence-electron chi connectivity index (χ1n) is 5.34. The maximum Gasteiger partial charge on any atom is 0.335 e. The fourth-order valence-electron chi connectivity index (χ4n) is 1.49. The molecule has 4 nitrogen and oxygen atoms in total. The maximum absolute atomic E-state index is 10.8. The molecule has 0 amide bonds. The van der Waals surface area contributed by atoms with E-state index < -0.39 is 5.97 Å². The van der Waals surface area contributed by atoms with E-state index in [1.165, 1.54) is 12.1 Å². The predicted molar refractivity (Wildman–Crippen MR) is 66.5 cm³/mol. The monoisotopic (exact) mass is 244 g/mol. The van der Waals surface area contributed by atoms with Crippen LogP contribution in [0.25, 0.3) is 0 Å². The highest BCUT2D eigenvalue weighted by Gasteiger charge is 2.05. The van der Waals surface area contributed by atoms with Crippen molar-refractivity contribution >= 4 is 5.97 Å². The van der Waals surface area contributed by atoms with Crippen LogP contribution >= 0.6 is 0 Å². The first kappa shape index (κ1) is 12.0. The topological polar surface area (TPSA) is 55.8 Å². The predicted octanol–water partition coefficient (Wildman–Crippen LogP) is 3.19. The minimum Gasteiger partial charge on any atom is -0.497 e. The van der Waals surface area contributed by atoms with Gasteiger partial charge in [0.2, 0.25) is 0 Å². The van der Waals surface area contributed by atoms with Crippen molar-refractivity contribution < 1.29 is 19.4 Å². The lowest BCUT2D eigenvalue weighted by Gasteiger charge is -2.07. The summed E-state index contributed by atoms with van der Waals surface area (Å²) in [7, 11) is 1.57. The SMILES string of the molecule is COc1cccc(Oc2cccc(C(=O)O)c2)c1. The number of benzene rings is 2. The highest BCUT2D eigenvalue weighted by Crippen LogP contribution is 2.25. The molecule has 0 heterocycles. The molecule has 1 N–H and O–H groups in total. The Morgan fingerprint density at radius 3 is 2.28 bits per heavy atom. The van der Waals surface area contributed by atoms with E-state index in [2.05, 4.69) is 0 Å². The zero-order valence-corrected chi connectivity index (χ0v) is 9.79. The standard InChI is InChI=1S/C14H12O4/c1-17-11-5-3-7-13(9-11)18-12-6-2-4-10(8-12)14(15)16/h2-9H,1H3,(H,15,16). The molecule has 2 rings (SSSR count). The number of ether oxygens (including phenoxy) is 2. The van der Waals surface area contributed by atoms with E-state index in [1.54, 1.807) is 43.5 Å². The van der Waals surface area contributed by atoms with Crippen LogP contribution in [0.15, 0.2) is 48.5 Å². The zero-order valence-electron chi connectivity index (χ0n) is 9.79. The van der Waals surface area contributed by atoms with Gasteiger partial charge >= 0.3 is 5.97 Å². The lowest BCUT2D eigenvalue weighted by atomic mass is 10.2. The van der Waals surface area contributed by atoms with Gasteiger partial charge in [0.15, 0.2) is 0 Å². The molecular formula is C14H12O4. The summed E-state index contributed by atoms with van der Waals surface area (Å²) >= 11 is 0. The van der Waals surface area contributed by atoms with Gasteiger partial charge in [0, 0.05) is 6.07 Å². The molecule has 18 heavy (non-hydrogen) atoms. The highest BCUT2D eigenvalue weighted by molar-refractivity contribution is 5.88. The molecule has 4 heteroatoms. The molecule has 0 fully saturated rings. The smallest absolute Gasteiger partial charge is 0.335 e. The summed E-state index contributed by atoms with van der Waals surface area (Å²) in [5.41, 5.74) is 0.190. The number of hydrogen-bond acceptors (Lipinski definition) is 3. The quantitative estimate of drug-likeness (QED) is 0.897. The minimum atomic E-state index is -0.980. The van der Waals surface area contributed by atoms with Crippen LogP contribution in [0.4, 0.5) is 0 Å². The van der Waals surface area contributed by atoms with Crippen molar-refractivity contribution in [3.63, 3.8) is 0 Å². The molecule has 0 saturated carbocycles. The Balaban J connectivity index is 2.22. The summed E-state index contributed by atoms with van der Waals surface area (Å²) in [6.07, 6.45) is 0. The second-order valence-electron chi connectivity index (χ2n) is 3.61. The van der Waals surface area contributed by atoms with Crippen LogP contribution in [0.2, 0.25) is 0 Å². The molecule has 0 atom stereocenters. The number of carboxylic acids is 1. The van der Waals surface area contributed by atoms with Crippen molar-refractivity contribution in [2.45, 2.75) is 0 Å². The summed E-state index contributed by atoms with van der Waals surface area (Å²) in [6, 6.07) is 13.4. The van der Waals surface area contributed by atoms with Crippen LogP contribution in [0.1, 0.15) is 10.4 Å². The molecule has 2 aromatic carbocycles. The normalized spacial score (nSPS) is 9.83. The third-order valence-corrected chi connectivity index (χ3v) is 2.36. The van der Waals surface area contributed by atoms with E-state index in [-0.39, 0.29) is 5.56 Å². The molecule has 0 aliphatic carbocycles. The third-order valence-electron chi connectivity index (χ3n) is 2.36. The van der Waals surface area contributed by atoms with Gasteiger partial charge in [-0.3, -0.25) is 0 Å². The zero-order chi connectivity index (χ0) is 13.0. The van der Waals surface area contributed by atoms with E-state index in [1.807, 2.05) is 0 Å². The van der Waals surface area contributed by atoms with Crippen LogP contribution in [0.3, 0.4) is 0 Å². The third kappa shape index (κ3) is 2.79. The Morgan fingerprint density at radius 2 is 1.61 bits per heavy atom. The molecule has 2 aromatic rings. The van der Waals surface area contributed by atoms with E-state index in [0.29, 0.717) is 17.2 Å². The number of carboxylic acid groups (broad SMARTS) is 1. The lowest BCUT2D eigenvalue weighted by Crippen LogP contribution is -1.96. The minimum absolute atomic E-state index is 0.190. The molecule has 0 spiro atoms. The summed E-state index contributed by atoms with van der Waals surface area (Å²) in [4.78, 5) is 10.8. The largest absolute Gasteiger partial charge is 0.497 e. The van der Waals surface area contributed by atoms with Gasteiger partial charge in [0.05, 0.1) is 12.7 Å². The fraction of sp³-hybridized carbons (Fsp3) is 0.0714. The Kier molecular flexibility index (Phi) is 3.48. The Labute approximate surface area is 104 Å². The van der Waals surface area contributed by atoms with Gasteiger partial charge in [-0.05, 0) is 30.3 Å². The second-order valence-corrected chi connectivity index (χ2v) is 3.61. The van der Waals surface area contributed by atoms with Gasteiger partial charge in [-0.25, -0.2) is 4.79 Å². The Morgan fingerprint density at radius 1 is 1.00 bits per heavy atom. The molecule has 0 radical (unpaired) electrons. The van der Waals surface area contributed by atoms with Crippen LogP contribution < -0.4 is 9.47 Å². The van der Waals surface area contributed by atoms with Crippen molar-refractivity contribution in [3.05, 3.63) is 54.1 Å². The first-order chi connectivity index (χ1) is 8.69. The number of aromatic carboxylic acids is 1. The van der Waals surface area contributed by atoms with Gasteiger partial charge in [0.25, 0.3) is 0 Å². The van der Waals surface area contributed by atoms with E-state index in [4.69, 9.17) is 14.6 Å². The molecular weight excluding hydrogens is 232 g/mol. The van der Waals surface area contributed by atoms with E-state index in [0.717, 1.165) is 0 Å². The van der Waals surface area contributed by atoms with Crippen molar-refractivity contribution in [1.29, 1.82) is 0 Å². The summed E-state index contributed by atoms with van der Waals surface area (Å²) in [5.74, 6) is 0.771.